The summed E-state index contributed by atoms with van der Waals surface area (Å²) >= 11 is 0. The van der Waals surface area contributed by atoms with Gasteiger partial charge in [-0.3, -0.25) is 20.2 Å². The molecule has 1 rings (SSSR count). The molecule has 0 saturated heterocycles. The van der Waals surface area contributed by atoms with Gasteiger partial charge in [-0.25, -0.2) is 13.6 Å². The van der Waals surface area contributed by atoms with Crippen molar-refractivity contribution in [2.24, 2.45) is 5.14 Å². The van der Waals surface area contributed by atoms with E-state index in [0.29, 0.717) is 0 Å². The van der Waals surface area contributed by atoms with Gasteiger partial charge < -0.3 is 4.90 Å². The highest BCUT2D eigenvalue weighted by Gasteiger charge is 2.32. The lowest BCUT2D eigenvalue weighted by Gasteiger charge is -2.23. The maximum atomic E-state index is 11.8. The summed E-state index contributed by atoms with van der Waals surface area (Å²) in [6.07, 6.45) is -8.64. The van der Waals surface area contributed by atoms with Crippen LogP contribution in [0, 0.1) is 20.2 Å². The third kappa shape index (κ3) is 4.36. The molecular formula is C12H18N4O6S. The number of nitro groups is 2. The fraction of sp³-hybridized carbons (Fsp3) is 0.500. The third-order valence-corrected chi connectivity index (χ3v) is 3.22. The lowest BCUT2D eigenvalue weighted by Crippen LogP contribution is -2.27. The number of anilines is 1. The van der Waals surface area contributed by atoms with Crippen molar-refractivity contribution >= 4 is 27.1 Å². The van der Waals surface area contributed by atoms with Crippen LogP contribution in [0.25, 0.3) is 0 Å². The molecule has 0 fully saturated rings. The van der Waals surface area contributed by atoms with E-state index in [2.05, 4.69) is 0 Å². The van der Waals surface area contributed by atoms with Gasteiger partial charge in [-0.15, -0.1) is 0 Å². The van der Waals surface area contributed by atoms with Gasteiger partial charge in [-0.05, 0) is 12.7 Å². The number of hydrogen-bond acceptors (Lipinski definition) is 7. The highest BCUT2D eigenvalue weighted by atomic mass is 32.2. The molecule has 0 aliphatic heterocycles. The summed E-state index contributed by atoms with van der Waals surface area (Å²) < 4.78 is 131. The van der Waals surface area contributed by atoms with Crippen LogP contribution in [0.4, 0.5) is 17.1 Å². The van der Waals surface area contributed by atoms with Crippen molar-refractivity contribution < 1.29 is 37.5 Å². The second kappa shape index (κ2) is 7.33. The van der Waals surface area contributed by atoms with Gasteiger partial charge in [-0.2, -0.15) is 0 Å². The second-order valence-electron chi connectivity index (χ2n) is 3.68. The van der Waals surface area contributed by atoms with Crippen LogP contribution < -0.4 is 10.0 Å². The zero-order valence-electron chi connectivity index (χ0n) is 24.9. The van der Waals surface area contributed by atoms with Crippen molar-refractivity contribution in [3.8, 4) is 0 Å². The van der Waals surface area contributed by atoms with Gasteiger partial charge in [-0.1, -0.05) is 13.7 Å². The minimum absolute atomic E-state index is 0.0351. The highest BCUT2D eigenvalue weighted by molar-refractivity contribution is 7.89. The number of primary sulfonamides is 1. The van der Waals surface area contributed by atoms with Gasteiger partial charge in [0.05, 0.1) is 14.7 Å². The van der Waals surface area contributed by atoms with Crippen LogP contribution in [0.1, 0.15) is 45.6 Å². The average Bonchev–Trinajstić information content (AvgIpc) is 2.64. The molecule has 2 N–H and O–H groups in total. The maximum Gasteiger partial charge on any atom is 0.301 e. The molecular weight excluding hydrogens is 328 g/mol. The first-order valence-corrected chi connectivity index (χ1v) is 6.82. The number of nitrogens with zero attached hydrogens (tertiary/aromatic N) is 3. The zero-order chi connectivity index (χ0) is 30.0. The van der Waals surface area contributed by atoms with Crippen LogP contribution in [0.15, 0.2) is 17.0 Å². The first-order valence-electron chi connectivity index (χ1n) is 12.3. The highest BCUT2D eigenvalue weighted by Crippen LogP contribution is 2.39. The largest absolute Gasteiger partial charge is 0.360 e. The van der Waals surface area contributed by atoms with Gasteiger partial charge >= 0.3 is 11.4 Å². The Morgan fingerprint density at radius 2 is 1.61 bits per heavy atom. The van der Waals surface area contributed by atoms with Gasteiger partial charge in [0.25, 0.3) is 0 Å². The Kier molecular flexibility index (Phi) is 2.13. The number of nitro benzene ring substituents is 2. The van der Waals surface area contributed by atoms with Crippen molar-refractivity contribution in [2.45, 2.75) is 31.3 Å². The Hall–Kier alpha value is -2.27. The molecule has 0 bridgehead atoms. The number of nitrogens with two attached hydrogens (primary N) is 1. The monoisotopic (exact) mass is 360 g/mol. The Balaban J connectivity index is 4.58. The van der Waals surface area contributed by atoms with Crippen LogP contribution in [-0.2, 0) is 10.0 Å². The molecule has 0 aromatic heterocycles. The van der Waals surface area contributed by atoms with E-state index >= 15 is 0 Å². The normalized spacial score (nSPS) is 23.9. The molecule has 0 heterocycles. The summed E-state index contributed by atoms with van der Waals surface area (Å²) in [4.78, 5) is 18.0. The third-order valence-electron chi connectivity index (χ3n) is 2.32. The van der Waals surface area contributed by atoms with E-state index in [1.165, 1.54) is 0 Å². The van der Waals surface area contributed by atoms with E-state index in [4.69, 9.17) is 24.3 Å². The van der Waals surface area contributed by atoms with Crippen LogP contribution in [0.5, 0.6) is 0 Å². The first kappa shape index (κ1) is 6.69. The molecule has 0 saturated carbocycles. The smallest absolute Gasteiger partial charge is 0.301 e. The molecule has 10 nitrogen and oxygen atoms in total. The van der Waals surface area contributed by atoms with Crippen LogP contribution >= 0.6 is 0 Å². The number of benzene rings is 1. The molecule has 11 heteroatoms. The molecule has 0 aliphatic carbocycles. The number of sulfonamides is 1. The van der Waals surface area contributed by atoms with Gasteiger partial charge in [0.15, 0.2) is 5.69 Å². The molecule has 0 amide bonds. The van der Waals surface area contributed by atoms with Crippen LogP contribution in [0.2, 0.25) is 0 Å². The lowest BCUT2D eigenvalue weighted by atomic mass is 10.2. The van der Waals surface area contributed by atoms with Crippen molar-refractivity contribution in [3.63, 3.8) is 0 Å². The van der Waals surface area contributed by atoms with E-state index in [1.807, 2.05) is 0 Å². The molecule has 0 atom stereocenters. The summed E-state index contributed by atoms with van der Waals surface area (Å²) in [5, 5.41) is 28.4. The molecule has 1 aromatic carbocycles. The number of hydrogen-bond donors (Lipinski definition) is 1. The van der Waals surface area contributed by atoms with E-state index in [1.54, 1.807) is 0 Å². The average molecular weight is 360 g/mol. The quantitative estimate of drug-likeness (QED) is 0.548. The summed E-state index contributed by atoms with van der Waals surface area (Å²) in [6.45, 7) is -17.1. The first-order chi connectivity index (χ1) is 16.0. The second-order valence-corrected chi connectivity index (χ2v) is 5.24. The molecule has 23 heavy (non-hydrogen) atoms. The van der Waals surface area contributed by atoms with E-state index in [9.17, 15) is 28.6 Å². The standard InChI is InChI=1S/C12H18N4O6S/c1-3-5-14(6-4-2)12-10(15(17)18)7-9(23(13,21)22)8-11(12)16(19)20/h7-8H,3-6H2,1-2H3,(H2,13,21,22)/i1D3,2D3,3D2,4D2,5D2,6D2. The predicted octanol–water partition coefficient (Wildman–Crippen LogP) is 1.78. The minimum atomic E-state index is -4.97. The molecule has 0 unspecified atom stereocenters. The Bertz CT molecular complexity index is 1140. The van der Waals surface area contributed by atoms with Gasteiger partial charge in [0.2, 0.25) is 10.0 Å². The summed E-state index contributed by atoms with van der Waals surface area (Å²) in [6, 6.07) is -0.0701. The van der Waals surface area contributed by atoms with Crippen molar-refractivity contribution in [2.75, 3.05) is 17.9 Å². The fourth-order valence-corrected chi connectivity index (χ4v) is 2.05. The molecule has 1 aromatic rings. The minimum Gasteiger partial charge on any atom is -0.360 e. The molecule has 128 valence electrons. The van der Waals surface area contributed by atoms with E-state index in [-0.39, 0.29) is 12.1 Å². The van der Waals surface area contributed by atoms with Crippen molar-refractivity contribution in [1.29, 1.82) is 0 Å². The Labute approximate surface area is 152 Å². The Morgan fingerprint density at radius 1 is 1.17 bits per heavy atom. The maximum absolute atomic E-state index is 11.8. The topological polar surface area (TPSA) is 150 Å². The lowest BCUT2D eigenvalue weighted by molar-refractivity contribution is -0.393. The predicted molar refractivity (Wildman–Crippen MR) is 83.9 cm³/mol. The summed E-state index contributed by atoms with van der Waals surface area (Å²) in [5.41, 5.74) is -5.71. The molecule has 0 spiro atoms. The summed E-state index contributed by atoms with van der Waals surface area (Å²) in [7, 11) is -4.97. The van der Waals surface area contributed by atoms with Gasteiger partial charge in [0.1, 0.15) is 0 Å². The van der Waals surface area contributed by atoms with Crippen LogP contribution in [-0.4, -0.2) is 31.3 Å². The van der Waals surface area contributed by atoms with Crippen molar-refractivity contribution in [1.82, 2.24) is 0 Å². The molecule has 0 radical (unpaired) electrons. The number of rotatable bonds is 8. The van der Waals surface area contributed by atoms with Crippen LogP contribution in [0.3, 0.4) is 0 Å². The zero-order valence-corrected chi connectivity index (χ0v) is 11.7. The Morgan fingerprint density at radius 3 is 1.91 bits per heavy atom. The summed E-state index contributed by atoms with van der Waals surface area (Å²) in [5.74, 6) is 0. The fourth-order valence-electron chi connectivity index (χ4n) is 1.50. The van der Waals surface area contributed by atoms with Gasteiger partial charge in [0, 0.05) is 44.3 Å². The van der Waals surface area contributed by atoms with Crippen molar-refractivity contribution in [3.05, 3.63) is 32.4 Å². The van der Waals surface area contributed by atoms with E-state index in [0.717, 1.165) is 0 Å². The van der Waals surface area contributed by atoms with E-state index < -0.39 is 86.2 Å². The SMILES string of the molecule is [2H]C([2H])([2H])C([2H])([2H])C([2H])([2H])N(c1c([N+](=O)[O-])cc(S(N)(=O)=O)cc1[N+](=O)[O-])C([2H])([2H])C([2H])([2H])C([2H])([2H])[2H]. The molecule has 0 aliphatic rings.